The fourth-order valence-corrected chi connectivity index (χ4v) is 2.47. The van der Waals surface area contributed by atoms with Gasteiger partial charge in [-0.2, -0.15) is 0 Å². The lowest BCUT2D eigenvalue weighted by atomic mass is 9.85. The van der Waals surface area contributed by atoms with Crippen LogP contribution in [-0.4, -0.2) is 10.8 Å². The van der Waals surface area contributed by atoms with E-state index < -0.39 is 0 Å². The second-order valence-electron chi connectivity index (χ2n) is 4.85. The van der Waals surface area contributed by atoms with Gasteiger partial charge in [0.05, 0.1) is 5.92 Å². The fraction of sp³-hybridized carbons (Fsp3) is 0.0526. The van der Waals surface area contributed by atoms with Crippen molar-refractivity contribution in [3.8, 4) is 0 Å². The number of aromatic nitrogens is 1. The van der Waals surface area contributed by atoms with Gasteiger partial charge in [-0.25, -0.2) is 0 Å². The van der Waals surface area contributed by atoms with Crippen molar-refractivity contribution in [2.75, 3.05) is 0 Å². The first-order valence-corrected chi connectivity index (χ1v) is 6.90. The van der Waals surface area contributed by atoms with Crippen molar-refractivity contribution >= 4 is 5.78 Å². The second-order valence-corrected chi connectivity index (χ2v) is 4.85. The van der Waals surface area contributed by atoms with E-state index in [1.54, 1.807) is 12.4 Å². The molecule has 102 valence electrons. The largest absolute Gasteiger partial charge is 0.293 e. The molecule has 21 heavy (non-hydrogen) atoms. The van der Waals surface area contributed by atoms with Crippen LogP contribution in [0.1, 0.15) is 27.4 Å². The number of hydrogen-bond donors (Lipinski definition) is 0. The van der Waals surface area contributed by atoms with E-state index in [1.807, 2.05) is 72.8 Å². The highest BCUT2D eigenvalue weighted by Gasteiger charge is 2.23. The Bertz CT molecular complexity index is 669. The minimum Gasteiger partial charge on any atom is -0.293 e. The molecule has 0 aliphatic carbocycles. The minimum atomic E-state index is -0.295. The molecule has 0 saturated carbocycles. The Morgan fingerprint density at radius 1 is 0.714 bits per heavy atom. The van der Waals surface area contributed by atoms with E-state index in [-0.39, 0.29) is 11.7 Å². The summed E-state index contributed by atoms with van der Waals surface area (Å²) in [5.41, 5.74) is 2.69. The van der Waals surface area contributed by atoms with Gasteiger partial charge in [0, 0.05) is 18.0 Å². The number of Topliss-reactive ketones (excluding diaryl/α,β-unsaturated/α-hetero) is 1. The van der Waals surface area contributed by atoms with E-state index in [0.29, 0.717) is 0 Å². The Hall–Kier alpha value is -2.74. The molecule has 0 N–H and O–H groups in total. The van der Waals surface area contributed by atoms with Crippen molar-refractivity contribution in [1.29, 1.82) is 0 Å². The van der Waals surface area contributed by atoms with Gasteiger partial charge in [-0.05, 0) is 23.3 Å². The van der Waals surface area contributed by atoms with Gasteiger partial charge in [0.1, 0.15) is 0 Å². The van der Waals surface area contributed by atoms with Crippen molar-refractivity contribution < 1.29 is 4.79 Å². The lowest BCUT2D eigenvalue weighted by Crippen LogP contribution is -2.14. The van der Waals surface area contributed by atoms with E-state index in [0.717, 1.165) is 16.7 Å². The number of benzene rings is 2. The third-order valence-electron chi connectivity index (χ3n) is 3.49. The molecular formula is C19H15NO. The highest BCUT2D eigenvalue weighted by molar-refractivity contribution is 6.03. The van der Waals surface area contributed by atoms with Crippen LogP contribution in [0.3, 0.4) is 0 Å². The van der Waals surface area contributed by atoms with Gasteiger partial charge in [-0.15, -0.1) is 0 Å². The van der Waals surface area contributed by atoms with Gasteiger partial charge < -0.3 is 0 Å². The molecule has 2 heteroatoms. The van der Waals surface area contributed by atoms with E-state index >= 15 is 0 Å². The molecule has 0 bridgehead atoms. The number of carbonyl (C=O) groups is 1. The van der Waals surface area contributed by atoms with Crippen molar-refractivity contribution in [2.45, 2.75) is 5.92 Å². The molecule has 1 atom stereocenters. The van der Waals surface area contributed by atoms with Gasteiger partial charge in [0.2, 0.25) is 0 Å². The Kier molecular flexibility index (Phi) is 3.88. The van der Waals surface area contributed by atoms with E-state index in [1.165, 1.54) is 0 Å². The summed E-state index contributed by atoms with van der Waals surface area (Å²) >= 11 is 0. The first kappa shape index (κ1) is 13.3. The first-order chi connectivity index (χ1) is 10.4. The molecule has 2 nitrogen and oxygen atoms in total. The smallest absolute Gasteiger partial charge is 0.174 e. The van der Waals surface area contributed by atoms with Crippen LogP contribution in [0, 0.1) is 0 Å². The monoisotopic (exact) mass is 273 g/mol. The van der Waals surface area contributed by atoms with Crippen molar-refractivity contribution in [1.82, 2.24) is 4.98 Å². The molecule has 0 radical (unpaired) electrons. The molecule has 3 rings (SSSR count). The summed E-state index contributed by atoms with van der Waals surface area (Å²) < 4.78 is 0. The fourth-order valence-electron chi connectivity index (χ4n) is 2.47. The number of carbonyl (C=O) groups excluding carboxylic acids is 1. The molecule has 2 aromatic carbocycles. The predicted octanol–water partition coefficient (Wildman–Crippen LogP) is 4.10. The summed E-state index contributed by atoms with van der Waals surface area (Å²) in [4.78, 5) is 17.0. The molecule has 1 aromatic heterocycles. The van der Waals surface area contributed by atoms with Gasteiger partial charge in [-0.1, -0.05) is 60.7 Å². The van der Waals surface area contributed by atoms with Gasteiger partial charge in [-0.3, -0.25) is 9.78 Å². The maximum atomic E-state index is 12.9. The molecule has 0 amide bonds. The lowest BCUT2D eigenvalue weighted by molar-refractivity contribution is 0.0974. The number of ketones is 1. The van der Waals surface area contributed by atoms with Crippen LogP contribution < -0.4 is 0 Å². The topological polar surface area (TPSA) is 30.0 Å². The molecule has 1 unspecified atom stereocenters. The van der Waals surface area contributed by atoms with E-state index in [9.17, 15) is 4.79 Å². The Morgan fingerprint density at radius 2 is 1.24 bits per heavy atom. The SMILES string of the molecule is O=C(c1ccccc1)C(c1ccccc1)c1ccncc1. The van der Waals surface area contributed by atoms with Crippen molar-refractivity contribution in [3.05, 3.63) is 102 Å². The summed E-state index contributed by atoms with van der Waals surface area (Å²) in [6.45, 7) is 0. The zero-order valence-electron chi connectivity index (χ0n) is 11.5. The Labute approximate surface area is 124 Å². The van der Waals surface area contributed by atoms with Gasteiger partial charge in [0.25, 0.3) is 0 Å². The maximum absolute atomic E-state index is 12.9. The van der Waals surface area contributed by atoms with Crippen molar-refractivity contribution in [3.63, 3.8) is 0 Å². The summed E-state index contributed by atoms with van der Waals surface area (Å²) in [5, 5.41) is 0. The van der Waals surface area contributed by atoms with Crippen LogP contribution in [0.15, 0.2) is 85.2 Å². The third-order valence-corrected chi connectivity index (χ3v) is 3.49. The van der Waals surface area contributed by atoms with Crippen LogP contribution in [0.4, 0.5) is 0 Å². The minimum absolute atomic E-state index is 0.105. The Morgan fingerprint density at radius 3 is 1.86 bits per heavy atom. The van der Waals surface area contributed by atoms with Gasteiger partial charge in [0.15, 0.2) is 5.78 Å². The molecule has 0 spiro atoms. The highest BCUT2D eigenvalue weighted by Crippen LogP contribution is 2.28. The zero-order chi connectivity index (χ0) is 14.5. The van der Waals surface area contributed by atoms with Crippen LogP contribution in [0.25, 0.3) is 0 Å². The number of nitrogens with zero attached hydrogens (tertiary/aromatic N) is 1. The first-order valence-electron chi connectivity index (χ1n) is 6.90. The molecule has 0 saturated heterocycles. The van der Waals surface area contributed by atoms with Crippen LogP contribution in [0.5, 0.6) is 0 Å². The van der Waals surface area contributed by atoms with E-state index in [2.05, 4.69) is 4.98 Å². The lowest BCUT2D eigenvalue weighted by Gasteiger charge is -2.16. The standard InChI is InChI=1S/C19H15NO/c21-19(17-9-5-2-6-10-17)18(15-7-3-1-4-8-15)16-11-13-20-14-12-16/h1-14,18H. The number of hydrogen-bond acceptors (Lipinski definition) is 2. The molecule has 0 fully saturated rings. The third kappa shape index (κ3) is 2.90. The molecule has 1 heterocycles. The second kappa shape index (κ2) is 6.14. The summed E-state index contributed by atoms with van der Waals surface area (Å²) in [6.07, 6.45) is 3.45. The average Bonchev–Trinajstić information content (AvgIpc) is 2.58. The molecular weight excluding hydrogens is 258 g/mol. The normalized spacial score (nSPS) is 11.8. The van der Waals surface area contributed by atoms with Crippen LogP contribution >= 0.6 is 0 Å². The van der Waals surface area contributed by atoms with E-state index in [4.69, 9.17) is 0 Å². The van der Waals surface area contributed by atoms with Crippen molar-refractivity contribution in [2.24, 2.45) is 0 Å². The predicted molar refractivity (Wildman–Crippen MR) is 83.3 cm³/mol. The summed E-state index contributed by atoms with van der Waals surface area (Å²) in [5.74, 6) is -0.190. The van der Waals surface area contributed by atoms with Crippen LogP contribution in [-0.2, 0) is 0 Å². The summed E-state index contributed by atoms with van der Waals surface area (Å²) in [6, 6.07) is 23.1. The average molecular weight is 273 g/mol. The summed E-state index contributed by atoms with van der Waals surface area (Å²) in [7, 11) is 0. The Balaban J connectivity index is 2.07. The number of pyridine rings is 1. The highest BCUT2D eigenvalue weighted by atomic mass is 16.1. The maximum Gasteiger partial charge on any atom is 0.174 e. The van der Waals surface area contributed by atoms with Gasteiger partial charge >= 0.3 is 0 Å². The molecule has 3 aromatic rings. The quantitative estimate of drug-likeness (QED) is 0.670. The number of rotatable bonds is 4. The zero-order valence-corrected chi connectivity index (χ0v) is 11.5. The molecule has 0 aliphatic rings. The van der Waals surface area contributed by atoms with Crippen LogP contribution in [0.2, 0.25) is 0 Å². The molecule has 0 aliphatic heterocycles.